The molecule has 0 aromatic rings. The smallest absolute Gasteiger partial charge is 0.0686 e. The predicted molar refractivity (Wildman–Crippen MR) is 32.1 cm³/mol. The van der Waals surface area contributed by atoms with Crippen molar-refractivity contribution in [2.75, 3.05) is 11.8 Å². The molecule has 0 saturated carbocycles. The summed E-state index contributed by atoms with van der Waals surface area (Å²) in [6.45, 7) is 0. The standard InChI is InChI=1S/C4H8Cl2O/c5-2-1-4(7)3-6/h4,7H,1-3H2/t4-/m0/s1. The first-order valence-corrected chi connectivity index (χ1v) is 3.18. The van der Waals surface area contributed by atoms with Crippen LogP contribution in [-0.2, 0) is 0 Å². The van der Waals surface area contributed by atoms with Crippen LogP contribution in [0.25, 0.3) is 0 Å². The van der Waals surface area contributed by atoms with Crippen LogP contribution in [0.3, 0.4) is 0 Å². The molecular formula is C4H8Cl2O. The first-order valence-electron chi connectivity index (χ1n) is 2.11. The van der Waals surface area contributed by atoms with Gasteiger partial charge in [-0.1, -0.05) is 0 Å². The third-order valence-corrected chi connectivity index (χ3v) is 1.19. The molecular weight excluding hydrogens is 135 g/mol. The third-order valence-electron chi connectivity index (χ3n) is 0.620. The van der Waals surface area contributed by atoms with Crippen molar-refractivity contribution in [3.8, 4) is 0 Å². The second kappa shape index (κ2) is 4.69. The summed E-state index contributed by atoms with van der Waals surface area (Å²) in [5.74, 6) is 0.764. The lowest BCUT2D eigenvalue weighted by Crippen LogP contribution is -2.07. The number of rotatable bonds is 3. The summed E-state index contributed by atoms with van der Waals surface area (Å²) >= 11 is 10.5. The average Bonchev–Trinajstić information content (AvgIpc) is 1.68. The van der Waals surface area contributed by atoms with E-state index in [2.05, 4.69) is 0 Å². The maximum Gasteiger partial charge on any atom is 0.0686 e. The molecule has 0 bridgehead atoms. The summed E-state index contributed by atoms with van der Waals surface area (Å²) in [6, 6.07) is 0. The zero-order valence-electron chi connectivity index (χ0n) is 3.90. The number of hydrogen-bond donors (Lipinski definition) is 1. The Bertz CT molecular complexity index is 40.7. The van der Waals surface area contributed by atoms with Crippen LogP contribution < -0.4 is 0 Å². The van der Waals surface area contributed by atoms with Crippen molar-refractivity contribution in [3.63, 3.8) is 0 Å². The first-order chi connectivity index (χ1) is 3.31. The van der Waals surface area contributed by atoms with Crippen molar-refractivity contribution in [3.05, 3.63) is 0 Å². The lowest BCUT2D eigenvalue weighted by molar-refractivity contribution is 0.195. The van der Waals surface area contributed by atoms with Crippen LogP contribution in [0, 0.1) is 0 Å². The molecule has 0 aromatic heterocycles. The summed E-state index contributed by atoms with van der Waals surface area (Å²) in [6.07, 6.45) is 0.171. The number of halogens is 2. The minimum atomic E-state index is -0.417. The lowest BCUT2D eigenvalue weighted by atomic mass is 10.3. The number of aliphatic hydroxyl groups is 1. The second-order valence-corrected chi connectivity index (χ2v) is 1.97. The fourth-order valence-electron chi connectivity index (χ4n) is 0.203. The van der Waals surface area contributed by atoms with Crippen LogP contribution in [0.15, 0.2) is 0 Å². The molecule has 44 valence electrons. The largest absolute Gasteiger partial charge is 0.392 e. The van der Waals surface area contributed by atoms with Crippen LogP contribution in [0.1, 0.15) is 6.42 Å². The number of alkyl halides is 2. The lowest BCUT2D eigenvalue weighted by Gasteiger charge is -1.99. The van der Waals surface area contributed by atoms with E-state index < -0.39 is 6.10 Å². The van der Waals surface area contributed by atoms with E-state index in [1.54, 1.807) is 0 Å². The predicted octanol–water partition coefficient (Wildman–Crippen LogP) is 1.22. The van der Waals surface area contributed by atoms with E-state index >= 15 is 0 Å². The molecule has 0 unspecified atom stereocenters. The summed E-state index contributed by atoms with van der Waals surface area (Å²) < 4.78 is 0. The molecule has 0 radical (unpaired) electrons. The summed E-state index contributed by atoms with van der Waals surface area (Å²) in [5, 5.41) is 8.64. The Morgan fingerprint density at radius 3 is 2.14 bits per heavy atom. The number of hydrogen-bond acceptors (Lipinski definition) is 1. The molecule has 0 aliphatic rings. The first kappa shape index (κ1) is 7.54. The molecule has 0 spiro atoms. The van der Waals surface area contributed by atoms with Gasteiger partial charge in [0, 0.05) is 11.8 Å². The van der Waals surface area contributed by atoms with Crippen molar-refractivity contribution in [2.45, 2.75) is 12.5 Å². The zero-order chi connectivity index (χ0) is 5.70. The molecule has 1 N–H and O–H groups in total. The molecule has 0 aliphatic carbocycles. The van der Waals surface area contributed by atoms with E-state index in [4.69, 9.17) is 28.3 Å². The zero-order valence-corrected chi connectivity index (χ0v) is 5.41. The van der Waals surface area contributed by atoms with E-state index in [1.165, 1.54) is 0 Å². The Morgan fingerprint density at radius 1 is 1.43 bits per heavy atom. The highest BCUT2D eigenvalue weighted by molar-refractivity contribution is 6.19. The third kappa shape index (κ3) is 4.39. The van der Waals surface area contributed by atoms with Gasteiger partial charge in [0.2, 0.25) is 0 Å². The van der Waals surface area contributed by atoms with Crippen molar-refractivity contribution in [2.24, 2.45) is 0 Å². The average molecular weight is 143 g/mol. The highest BCUT2D eigenvalue weighted by Gasteiger charge is 1.97. The van der Waals surface area contributed by atoms with Crippen molar-refractivity contribution in [1.29, 1.82) is 0 Å². The molecule has 0 saturated heterocycles. The van der Waals surface area contributed by atoms with Crippen molar-refractivity contribution < 1.29 is 5.11 Å². The van der Waals surface area contributed by atoms with Crippen molar-refractivity contribution >= 4 is 23.2 Å². The Labute approximate surface area is 53.2 Å². The summed E-state index contributed by atoms with van der Waals surface area (Å²) in [7, 11) is 0. The van der Waals surface area contributed by atoms with Crippen LogP contribution >= 0.6 is 23.2 Å². The normalized spacial score (nSPS) is 14.1. The molecule has 0 aromatic carbocycles. The van der Waals surface area contributed by atoms with Crippen LogP contribution in [0.5, 0.6) is 0 Å². The van der Waals surface area contributed by atoms with Gasteiger partial charge in [0.05, 0.1) is 6.10 Å². The Morgan fingerprint density at radius 2 is 2.00 bits per heavy atom. The Hall–Kier alpha value is 0.540. The minimum Gasteiger partial charge on any atom is -0.392 e. The van der Waals surface area contributed by atoms with E-state index in [-0.39, 0.29) is 5.88 Å². The molecule has 1 nitrogen and oxygen atoms in total. The van der Waals surface area contributed by atoms with Gasteiger partial charge in [-0.3, -0.25) is 0 Å². The Balaban J connectivity index is 2.83. The van der Waals surface area contributed by atoms with Gasteiger partial charge in [-0.2, -0.15) is 0 Å². The van der Waals surface area contributed by atoms with Crippen LogP contribution in [-0.4, -0.2) is 23.0 Å². The van der Waals surface area contributed by atoms with Gasteiger partial charge in [-0.05, 0) is 6.42 Å². The van der Waals surface area contributed by atoms with Gasteiger partial charge in [0.1, 0.15) is 0 Å². The number of aliphatic hydroxyl groups excluding tert-OH is 1. The topological polar surface area (TPSA) is 20.2 Å². The van der Waals surface area contributed by atoms with E-state index in [0.29, 0.717) is 12.3 Å². The molecule has 0 heterocycles. The second-order valence-electron chi connectivity index (χ2n) is 1.29. The quantitative estimate of drug-likeness (QED) is 0.588. The molecule has 0 fully saturated rings. The maximum atomic E-state index is 8.64. The van der Waals surface area contributed by atoms with Gasteiger partial charge in [0.15, 0.2) is 0 Å². The monoisotopic (exact) mass is 142 g/mol. The van der Waals surface area contributed by atoms with Crippen LogP contribution in [0.2, 0.25) is 0 Å². The molecule has 0 aliphatic heterocycles. The SMILES string of the molecule is O[C@H](CCl)CCCl. The van der Waals surface area contributed by atoms with Gasteiger partial charge >= 0.3 is 0 Å². The molecule has 0 rings (SSSR count). The van der Waals surface area contributed by atoms with Gasteiger partial charge < -0.3 is 5.11 Å². The van der Waals surface area contributed by atoms with Gasteiger partial charge in [0.25, 0.3) is 0 Å². The fraction of sp³-hybridized carbons (Fsp3) is 1.00. The fourth-order valence-corrected chi connectivity index (χ4v) is 0.609. The van der Waals surface area contributed by atoms with E-state index in [1.807, 2.05) is 0 Å². The van der Waals surface area contributed by atoms with E-state index in [9.17, 15) is 0 Å². The van der Waals surface area contributed by atoms with Crippen LogP contribution in [0.4, 0.5) is 0 Å². The highest BCUT2D eigenvalue weighted by atomic mass is 35.5. The molecule has 7 heavy (non-hydrogen) atoms. The van der Waals surface area contributed by atoms with Crippen molar-refractivity contribution in [1.82, 2.24) is 0 Å². The Kier molecular flexibility index (Phi) is 5.05. The van der Waals surface area contributed by atoms with Gasteiger partial charge in [-0.15, -0.1) is 23.2 Å². The summed E-state index contributed by atoms with van der Waals surface area (Å²) in [4.78, 5) is 0. The molecule has 0 amide bonds. The highest BCUT2D eigenvalue weighted by Crippen LogP contribution is 1.94. The van der Waals surface area contributed by atoms with E-state index in [0.717, 1.165) is 0 Å². The maximum absolute atomic E-state index is 8.64. The van der Waals surface area contributed by atoms with Gasteiger partial charge in [-0.25, -0.2) is 0 Å². The summed E-state index contributed by atoms with van der Waals surface area (Å²) in [5.41, 5.74) is 0. The molecule has 1 atom stereocenters. The molecule has 3 heteroatoms. The minimum absolute atomic E-state index is 0.284.